The molecule has 0 unspecified atom stereocenters. The fourth-order valence-electron chi connectivity index (χ4n) is 1.14. The molecule has 1 amide bonds. The third-order valence-electron chi connectivity index (χ3n) is 1.95. The van der Waals surface area contributed by atoms with Gasteiger partial charge in [-0.15, -0.1) is 0 Å². The quantitative estimate of drug-likeness (QED) is 0.468. The minimum absolute atomic E-state index is 0.160. The van der Waals surface area contributed by atoms with Gasteiger partial charge in [-0.25, -0.2) is 0 Å². The first-order valence-electron chi connectivity index (χ1n) is 5.48. The lowest BCUT2D eigenvalue weighted by Crippen LogP contribution is -2.33. The first kappa shape index (κ1) is 13.4. The number of carbonyl (C=O) groups excluding carboxylic acids is 1. The van der Waals surface area contributed by atoms with Crippen LogP contribution in [0.25, 0.3) is 0 Å². The van der Waals surface area contributed by atoms with E-state index in [1.165, 1.54) is 0 Å². The van der Waals surface area contributed by atoms with Crippen molar-refractivity contribution in [1.82, 2.24) is 10.6 Å². The molecule has 0 heterocycles. The lowest BCUT2D eigenvalue weighted by Gasteiger charge is -2.05. The topological polar surface area (TPSA) is 67.2 Å². The molecule has 4 heteroatoms. The molecule has 0 rings (SSSR count). The summed E-state index contributed by atoms with van der Waals surface area (Å²) < 4.78 is 0. The molecule has 0 atom stereocenters. The Morgan fingerprint density at radius 2 is 2.00 bits per heavy atom. The molecule has 0 aromatic rings. The smallest absolute Gasteiger partial charge is 0.220 e. The van der Waals surface area contributed by atoms with Crippen molar-refractivity contribution in [2.75, 3.05) is 26.2 Å². The first-order valence-corrected chi connectivity index (χ1v) is 5.48. The summed E-state index contributed by atoms with van der Waals surface area (Å²) in [5, 5.41) is 5.98. The number of amides is 1. The highest BCUT2D eigenvalue weighted by Gasteiger charge is 1.98. The maximum atomic E-state index is 11.2. The van der Waals surface area contributed by atoms with Crippen LogP contribution in [-0.2, 0) is 4.79 Å². The molecule has 4 N–H and O–H groups in total. The van der Waals surface area contributed by atoms with Gasteiger partial charge in [-0.05, 0) is 6.42 Å². The highest BCUT2D eigenvalue weighted by molar-refractivity contribution is 5.75. The van der Waals surface area contributed by atoms with Crippen LogP contribution in [-0.4, -0.2) is 32.1 Å². The standard InChI is InChI=1S/C10H23N3O/c1-2-3-4-5-10(14)13-9-8-12-7-6-11/h12H,2-9,11H2,1H3,(H,13,14). The fraction of sp³-hybridized carbons (Fsp3) is 0.900. The lowest BCUT2D eigenvalue weighted by atomic mass is 10.2. The number of hydrogen-bond donors (Lipinski definition) is 3. The Morgan fingerprint density at radius 1 is 1.21 bits per heavy atom. The molecule has 0 bridgehead atoms. The Morgan fingerprint density at radius 3 is 2.64 bits per heavy atom. The second kappa shape index (κ2) is 10.5. The maximum Gasteiger partial charge on any atom is 0.220 e. The molecular weight excluding hydrogens is 178 g/mol. The molecule has 0 saturated heterocycles. The predicted molar refractivity (Wildman–Crippen MR) is 59.1 cm³/mol. The number of hydrogen-bond acceptors (Lipinski definition) is 3. The van der Waals surface area contributed by atoms with Crippen LogP contribution in [0.15, 0.2) is 0 Å². The Kier molecular flexibility index (Phi) is 10.0. The highest BCUT2D eigenvalue weighted by atomic mass is 16.1. The second-order valence-corrected chi connectivity index (χ2v) is 3.35. The van der Waals surface area contributed by atoms with Gasteiger partial charge in [0, 0.05) is 32.6 Å². The van der Waals surface area contributed by atoms with Crippen molar-refractivity contribution in [2.24, 2.45) is 5.73 Å². The van der Waals surface area contributed by atoms with Gasteiger partial charge < -0.3 is 16.4 Å². The minimum atomic E-state index is 0.160. The maximum absolute atomic E-state index is 11.2. The number of nitrogens with two attached hydrogens (primary N) is 1. The van der Waals surface area contributed by atoms with E-state index in [1.807, 2.05) is 0 Å². The average Bonchev–Trinajstić information content (AvgIpc) is 2.18. The van der Waals surface area contributed by atoms with Crippen LogP contribution in [0.2, 0.25) is 0 Å². The molecule has 0 aliphatic rings. The zero-order valence-corrected chi connectivity index (χ0v) is 9.14. The summed E-state index contributed by atoms with van der Waals surface area (Å²) in [5.41, 5.74) is 5.30. The van der Waals surface area contributed by atoms with Crippen molar-refractivity contribution in [3.63, 3.8) is 0 Å². The van der Waals surface area contributed by atoms with Gasteiger partial charge >= 0.3 is 0 Å². The van der Waals surface area contributed by atoms with E-state index in [9.17, 15) is 4.79 Å². The largest absolute Gasteiger partial charge is 0.355 e. The molecule has 0 aliphatic carbocycles. The number of carbonyl (C=O) groups is 1. The normalized spacial score (nSPS) is 10.1. The first-order chi connectivity index (χ1) is 6.81. The van der Waals surface area contributed by atoms with Crippen LogP contribution in [0.1, 0.15) is 32.6 Å². The van der Waals surface area contributed by atoms with Gasteiger partial charge in [0.05, 0.1) is 0 Å². The third kappa shape index (κ3) is 9.48. The predicted octanol–water partition coefficient (Wildman–Crippen LogP) is 0.231. The minimum Gasteiger partial charge on any atom is -0.355 e. The van der Waals surface area contributed by atoms with E-state index in [0.717, 1.165) is 32.4 Å². The highest BCUT2D eigenvalue weighted by Crippen LogP contribution is 1.97. The van der Waals surface area contributed by atoms with Gasteiger partial charge in [0.15, 0.2) is 0 Å². The monoisotopic (exact) mass is 201 g/mol. The Hall–Kier alpha value is -0.610. The van der Waals surface area contributed by atoms with E-state index in [2.05, 4.69) is 17.6 Å². The zero-order valence-electron chi connectivity index (χ0n) is 9.14. The summed E-state index contributed by atoms with van der Waals surface area (Å²) in [6, 6.07) is 0. The SMILES string of the molecule is CCCCCC(=O)NCCNCCN. The molecular formula is C10H23N3O. The van der Waals surface area contributed by atoms with E-state index in [0.29, 0.717) is 19.5 Å². The molecule has 0 fully saturated rings. The Bertz CT molecular complexity index is 139. The van der Waals surface area contributed by atoms with Gasteiger partial charge in [-0.2, -0.15) is 0 Å². The van der Waals surface area contributed by atoms with Crippen molar-refractivity contribution in [2.45, 2.75) is 32.6 Å². The van der Waals surface area contributed by atoms with Gasteiger partial charge in [0.1, 0.15) is 0 Å². The van der Waals surface area contributed by atoms with E-state index in [4.69, 9.17) is 5.73 Å². The second-order valence-electron chi connectivity index (χ2n) is 3.35. The van der Waals surface area contributed by atoms with E-state index in [-0.39, 0.29) is 5.91 Å². The summed E-state index contributed by atoms with van der Waals surface area (Å²) in [6.45, 7) is 5.09. The molecule has 0 spiro atoms. The zero-order chi connectivity index (χ0) is 10.6. The number of unbranched alkanes of at least 4 members (excludes halogenated alkanes) is 2. The summed E-state index contributed by atoms with van der Waals surface area (Å²) in [5.74, 6) is 0.160. The van der Waals surface area contributed by atoms with Gasteiger partial charge in [0.25, 0.3) is 0 Å². The van der Waals surface area contributed by atoms with Gasteiger partial charge in [-0.1, -0.05) is 19.8 Å². The molecule has 0 saturated carbocycles. The summed E-state index contributed by atoms with van der Waals surface area (Å²) in [7, 11) is 0. The van der Waals surface area contributed by atoms with Crippen molar-refractivity contribution in [3.8, 4) is 0 Å². The Balaban J connectivity index is 3.10. The average molecular weight is 201 g/mol. The Labute approximate surface area is 86.6 Å². The van der Waals surface area contributed by atoms with Crippen LogP contribution < -0.4 is 16.4 Å². The van der Waals surface area contributed by atoms with E-state index in [1.54, 1.807) is 0 Å². The van der Waals surface area contributed by atoms with Crippen LogP contribution in [0.5, 0.6) is 0 Å². The molecule has 14 heavy (non-hydrogen) atoms. The van der Waals surface area contributed by atoms with Crippen LogP contribution >= 0.6 is 0 Å². The molecule has 4 nitrogen and oxygen atoms in total. The van der Waals surface area contributed by atoms with Crippen molar-refractivity contribution in [1.29, 1.82) is 0 Å². The van der Waals surface area contributed by atoms with E-state index < -0.39 is 0 Å². The fourth-order valence-corrected chi connectivity index (χ4v) is 1.14. The van der Waals surface area contributed by atoms with Crippen LogP contribution in [0.4, 0.5) is 0 Å². The number of rotatable bonds is 9. The van der Waals surface area contributed by atoms with Crippen LogP contribution in [0.3, 0.4) is 0 Å². The van der Waals surface area contributed by atoms with Crippen molar-refractivity contribution >= 4 is 5.91 Å². The summed E-state index contributed by atoms with van der Waals surface area (Å²) in [6.07, 6.45) is 3.95. The van der Waals surface area contributed by atoms with Crippen molar-refractivity contribution < 1.29 is 4.79 Å². The summed E-state index contributed by atoms with van der Waals surface area (Å²) in [4.78, 5) is 11.2. The molecule has 0 aromatic heterocycles. The molecule has 0 radical (unpaired) electrons. The molecule has 84 valence electrons. The van der Waals surface area contributed by atoms with Crippen LogP contribution in [0, 0.1) is 0 Å². The van der Waals surface area contributed by atoms with Gasteiger partial charge in [-0.3, -0.25) is 4.79 Å². The molecule has 0 aromatic carbocycles. The number of nitrogens with one attached hydrogen (secondary N) is 2. The van der Waals surface area contributed by atoms with Gasteiger partial charge in [0.2, 0.25) is 5.91 Å². The van der Waals surface area contributed by atoms with E-state index >= 15 is 0 Å². The molecule has 0 aliphatic heterocycles. The summed E-state index contributed by atoms with van der Waals surface area (Å²) >= 11 is 0. The lowest BCUT2D eigenvalue weighted by molar-refractivity contribution is -0.121. The van der Waals surface area contributed by atoms with Crippen molar-refractivity contribution in [3.05, 3.63) is 0 Å². The third-order valence-corrected chi connectivity index (χ3v) is 1.95.